The molecular formula is C26H28F2N8O. The molecule has 0 saturated carbocycles. The van der Waals surface area contributed by atoms with Crippen molar-refractivity contribution in [3.8, 4) is 11.3 Å². The van der Waals surface area contributed by atoms with Crippen LogP contribution in [0, 0.1) is 24.5 Å². The maximum Gasteiger partial charge on any atom is 0.229 e. The fourth-order valence-corrected chi connectivity index (χ4v) is 4.93. The van der Waals surface area contributed by atoms with Crippen molar-refractivity contribution in [2.75, 3.05) is 23.3 Å². The fraction of sp³-hybridized carbons (Fsp3) is 0.308. The van der Waals surface area contributed by atoms with Crippen LogP contribution in [0.15, 0.2) is 48.9 Å². The van der Waals surface area contributed by atoms with Gasteiger partial charge in [0, 0.05) is 38.3 Å². The fourth-order valence-electron chi connectivity index (χ4n) is 4.93. The van der Waals surface area contributed by atoms with E-state index < -0.39 is 11.6 Å². The molecule has 9 nitrogen and oxygen atoms in total. The molecule has 3 unspecified atom stereocenters. The van der Waals surface area contributed by atoms with E-state index >= 15 is 0 Å². The van der Waals surface area contributed by atoms with E-state index in [-0.39, 0.29) is 35.2 Å². The predicted octanol–water partition coefficient (Wildman–Crippen LogP) is 3.41. The van der Waals surface area contributed by atoms with E-state index in [0.29, 0.717) is 35.8 Å². The summed E-state index contributed by atoms with van der Waals surface area (Å²) < 4.78 is 30.7. The number of piperidine rings is 1. The van der Waals surface area contributed by atoms with E-state index in [1.165, 1.54) is 23.6 Å². The van der Waals surface area contributed by atoms with Crippen LogP contribution in [0.25, 0.3) is 16.8 Å². The molecule has 0 aliphatic carbocycles. The Labute approximate surface area is 212 Å². The standard InChI is InChI=1S/C26H28F2N8O/c1-14-8-18(27)24(19(28)9-14)21-5-4-17-10-31-26(36(17)34-21)33-22-11-30-7-6-23(22)35-12-15(2)25(20(29)13-35)32-16(3)37/h4-11,15,20,25H,12-13,29H2,1-3H3,(H,31,33)(H,32,37). The van der Waals surface area contributed by atoms with E-state index in [9.17, 15) is 13.6 Å². The number of nitrogens with zero attached hydrogens (tertiary/aromatic N) is 5. The summed E-state index contributed by atoms with van der Waals surface area (Å²) in [5.74, 6) is -0.979. The molecule has 0 spiro atoms. The quantitative estimate of drug-likeness (QED) is 0.380. The molecular weight excluding hydrogens is 478 g/mol. The highest BCUT2D eigenvalue weighted by molar-refractivity contribution is 5.75. The summed E-state index contributed by atoms with van der Waals surface area (Å²) in [6.07, 6.45) is 4.99. The molecule has 1 aromatic carbocycles. The van der Waals surface area contributed by atoms with Gasteiger partial charge in [0.05, 0.1) is 40.5 Å². The smallest absolute Gasteiger partial charge is 0.229 e. The molecule has 0 bridgehead atoms. The Morgan fingerprint density at radius 2 is 1.89 bits per heavy atom. The lowest BCUT2D eigenvalue weighted by molar-refractivity contribution is -0.120. The van der Waals surface area contributed by atoms with Gasteiger partial charge in [-0.25, -0.2) is 13.8 Å². The first-order valence-corrected chi connectivity index (χ1v) is 12.0. The molecule has 1 aliphatic heterocycles. The first kappa shape index (κ1) is 24.6. The number of nitrogens with one attached hydrogen (secondary N) is 2. The van der Waals surface area contributed by atoms with Crippen molar-refractivity contribution in [1.82, 2.24) is 24.9 Å². The third-order valence-electron chi connectivity index (χ3n) is 6.60. The number of benzene rings is 1. The molecule has 3 atom stereocenters. The van der Waals surface area contributed by atoms with Gasteiger partial charge in [0.2, 0.25) is 11.9 Å². The normalized spacial score (nSPS) is 19.7. The molecule has 37 heavy (non-hydrogen) atoms. The highest BCUT2D eigenvalue weighted by atomic mass is 19.1. The third-order valence-corrected chi connectivity index (χ3v) is 6.60. The number of hydrogen-bond acceptors (Lipinski definition) is 7. The van der Waals surface area contributed by atoms with Gasteiger partial charge < -0.3 is 21.3 Å². The van der Waals surface area contributed by atoms with Gasteiger partial charge in [0.15, 0.2) is 0 Å². The van der Waals surface area contributed by atoms with Crippen molar-refractivity contribution < 1.29 is 13.6 Å². The van der Waals surface area contributed by atoms with Crippen LogP contribution in [-0.2, 0) is 4.79 Å². The number of rotatable bonds is 5. The molecule has 4 N–H and O–H groups in total. The summed E-state index contributed by atoms with van der Waals surface area (Å²) in [7, 11) is 0. The summed E-state index contributed by atoms with van der Waals surface area (Å²) in [5.41, 5.74) is 9.06. The van der Waals surface area contributed by atoms with Gasteiger partial charge in [0.25, 0.3) is 0 Å². The number of imidazole rings is 1. The summed E-state index contributed by atoms with van der Waals surface area (Å²) >= 11 is 0. The Hall–Kier alpha value is -4.12. The Kier molecular flexibility index (Phi) is 6.46. The molecule has 4 aromatic rings. The van der Waals surface area contributed by atoms with Crippen molar-refractivity contribution in [3.63, 3.8) is 0 Å². The lowest BCUT2D eigenvalue weighted by Crippen LogP contribution is -2.61. The van der Waals surface area contributed by atoms with Gasteiger partial charge in [0.1, 0.15) is 11.6 Å². The van der Waals surface area contributed by atoms with Crippen LogP contribution in [0.3, 0.4) is 0 Å². The summed E-state index contributed by atoms with van der Waals surface area (Å²) in [6, 6.07) is 7.33. The minimum Gasteiger partial charge on any atom is -0.368 e. The van der Waals surface area contributed by atoms with Gasteiger partial charge >= 0.3 is 0 Å². The largest absolute Gasteiger partial charge is 0.368 e. The first-order valence-electron chi connectivity index (χ1n) is 12.0. The van der Waals surface area contributed by atoms with Crippen molar-refractivity contribution in [2.24, 2.45) is 11.7 Å². The van der Waals surface area contributed by atoms with Crippen LogP contribution in [-0.4, -0.2) is 50.7 Å². The molecule has 11 heteroatoms. The van der Waals surface area contributed by atoms with Crippen LogP contribution in [0.1, 0.15) is 19.4 Å². The number of pyridine rings is 1. The van der Waals surface area contributed by atoms with Crippen LogP contribution in [0.5, 0.6) is 0 Å². The second-order valence-corrected chi connectivity index (χ2v) is 9.53. The predicted molar refractivity (Wildman–Crippen MR) is 138 cm³/mol. The third kappa shape index (κ3) is 4.82. The van der Waals surface area contributed by atoms with E-state index in [1.54, 1.807) is 37.6 Å². The minimum absolute atomic E-state index is 0.101. The van der Waals surface area contributed by atoms with Crippen molar-refractivity contribution in [3.05, 3.63) is 66.1 Å². The van der Waals surface area contributed by atoms with Crippen LogP contribution >= 0.6 is 0 Å². The Balaban J connectivity index is 1.46. The van der Waals surface area contributed by atoms with Crippen molar-refractivity contribution in [2.45, 2.75) is 32.9 Å². The lowest BCUT2D eigenvalue weighted by Gasteiger charge is -2.42. The van der Waals surface area contributed by atoms with Crippen LogP contribution < -0.4 is 21.3 Å². The number of fused-ring (bicyclic) bond motifs is 1. The number of halogens is 2. The average molecular weight is 507 g/mol. The zero-order valence-electron chi connectivity index (χ0n) is 20.7. The van der Waals surface area contributed by atoms with E-state index in [4.69, 9.17) is 5.73 Å². The van der Waals surface area contributed by atoms with Gasteiger partial charge in [-0.1, -0.05) is 6.92 Å². The molecule has 5 rings (SSSR count). The topological polar surface area (TPSA) is 113 Å². The number of aryl methyl sites for hydroxylation is 1. The number of amides is 1. The van der Waals surface area contributed by atoms with E-state index in [0.717, 1.165) is 5.69 Å². The number of nitrogens with two attached hydrogens (primary N) is 1. The average Bonchev–Trinajstić information content (AvgIpc) is 3.23. The lowest BCUT2D eigenvalue weighted by atomic mass is 9.89. The van der Waals surface area contributed by atoms with Gasteiger partial charge in [-0.2, -0.15) is 9.61 Å². The maximum absolute atomic E-state index is 14.6. The highest BCUT2D eigenvalue weighted by Gasteiger charge is 2.33. The number of carbonyl (C=O) groups is 1. The second kappa shape index (κ2) is 9.74. The van der Waals surface area contributed by atoms with E-state index in [2.05, 4.69) is 37.5 Å². The van der Waals surface area contributed by atoms with Crippen LogP contribution in [0.2, 0.25) is 0 Å². The molecule has 1 amide bonds. The zero-order valence-corrected chi connectivity index (χ0v) is 20.7. The summed E-state index contributed by atoms with van der Waals surface area (Å²) in [5, 5.41) is 10.7. The molecule has 3 aromatic heterocycles. The number of aromatic nitrogens is 4. The minimum atomic E-state index is -0.679. The highest BCUT2D eigenvalue weighted by Crippen LogP contribution is 2.32. The van der Waals surface area contributed by atoms with Crippen molar-refractivity contribution in [1.29, 1.82) is 0 Å². The first-order chi connectivity index (χ1) is 17.7. The summed E-state index contributed by atoms with van der Waals surface area (Å²) in [6.45, 7) is 6.38. The monoisotopic (exact) mass is 506 g/mol. The second-order valence-electron chi connectivity index (χ2n) is 9.53. The van der Waals surface area contributed by atoms with Crippen molar-refractivity contribution >= 4 is 28.7 Å². The molecule has 0 radical (unpaired) electrons. The number of carbonyl (C=O) groups excluding carboxylic acids is 1. The molecule has 1 fully saturated rings. The summed E-state index contributed by atoms with van der Waals surface area (Å²) in [4.78, 5) is 22.4. The molecule has 1 aliphatic rings. The van der Waals surface area contributed by atoms with Crippen LogP contribution in [0.4, 0.5) is 26.1 Å². The SMILES string of the molecule is CC(=O)NC1C(C)CN(c2ccncc2Nc2ncc3ccc(-c4c(F)cc(C)cc4F)nn23)CC1N. The maximum atomic E-state index is 14.6. The zero-order chi connectivity index (χ0) is 26.3. The van der Waals surface area contributed by atoms with Gasteiger partial charge in [-0.3, -0.25) is 9.78 Å². The number of hydrogen-bond donors (Lipinski definition) is 3. The van der Waals surface area contributed by atoms with Gasteiger partial charge in [-0.05, 0) is 48.7 Å². The van der Waals surface area contributed by atoms with E-state index in [1.807, 2.05) is 6.07 Å². The molecule has 192 valence electrons. The number of anilines is 3. The Morgan fingerprint density at radius 3 is 2.59 bits per heavy atom. The van der Waals surface area contributed by atoms with Gasteiger partial charge in [-0.15, -0.1) is 0 Å². The Bertz CT molecular complexity index is 1440. The molecule has 4 heterocycles. The molecule has 1 saturated heterocycles. The Morgan fingerprint density at radius 1 is 1.14 bits per heavy atom.